The molecule has 1 aromatic rings. The van der Waals surface area contributed by atoms with Gasteiger partial charge in [-0.3, -0.25) is 0 Å². The lowest BCUT2D eigenvalue weighted by atomic mass is 9.77. The summed E-state index contributed by atoms with van der Waals surface area (Å²) in [7, 11) is 1.31. The van der Waals surface area contributed by atoms with Crippen molar-refractivity contribution in [1.82, 2.24) is 5.32 Å². The molecule has 126 valence electrons. The molecular formula is C17H24BClFNO2. The summed E-state index contributed by atoms with van der Waals surface area (Å²) < 4.78 is 26.3. The van der Waals surface area contributed by atoms with Gasteiger partial charge in [-0.05, 0) is 64.8 Å². The van der Waals surface area contributed by atoms with E-state index in [2.05, 4.69) is 5.32 Å². The van der Waals surface area contributed by atoms with E-state index in [1.807, 2.05) is 34.7 Å². The number of likely N-dealkylation sites (N-methyl/N-ethyl adjacent to an activating group) is 1. The first-order valence-corrected chi connectivity index (χ1v) is 8.11. The fourth-order valence-electron chi connectivity index (χ4n) is 2.37. The van der Waals surface area contributed by atoms with Crippen molar-refractivity contribution in [2.75, 3.05) is 13.6 Å². The van der Waals surface area contributed by atoms with Crippen molar-refractivity contribution in [3.05, 3.63) is 39.6 Å². The van der Waals surface area contributed by atoms with Crippen LogP contribution < -0.4 is 5.32 Å². The molecule has 6 heteroatoms. The molecule has 1 aliphatic heterocycles. The molecule has 23 heavy (non-hydrogen) atoms. The third kappa shape index (κ3) is 3.79. The van der Waals surface area contributed by atoms with Crippen LogP contribution in [0.25, 0.3) is 6.08 Å². The van der Waals surface area contributed by atoms with E-state index in [4.69, 9.17) is 20.9 Å². The summed E-state index contributed by atoms with van der Waals surface area (Å²) in [5, 5.41) is 3.62. The second kappa shape index (κ2) is 6.56. The van der Waals surface area contributed by atoms with Crippen molar-refractivity contribution < 1.29 is 13.7 Å². The van der Waals surface area contributed by atoms with Crippen molar-refractivity contribution in [3.8, 4) is 0 Å². The van der Waals surface area contributed by atoms with Crippen LogP contribution in [-0.4, -0.2) is 31.9 Å². The van der Waals surface area contributed by atoms with Crippen LogP contribution in [0.15, 0.2) is 17.6 Å². The Bertz CT molecular complexity index is 615. The number of hydrogen-bond acceptors (Lipinski definition) is 3. The highest BCUT2D eigenvalue weighted by atomic mass is 35.5. The highest BCUT2D eigenvalue weighted by Crippen LogP contribution is 2.38. The van der Waals surface area contributed by atoms with Crippen LogP contribution in [0, 0.1) is 12.7 Å². The van der Waals surface area contributed by atoms with Crippen molar-refractivity contribution in [1.29, 1.82) is 0 Å². The van der Waals surface area contributed by atoms with Gasteiger partial charge in [0.25, 0.3) is 0 Å². The van der Waals surface area contributed by atoms with Crippen molar-refractivity contribution in [2.45, 2.75) is 45.8 Å². The van der Waals surface area contributed by atoms with Crippen LogP contribution in [0.4, 0.5) is 4.39 Å². The minimum Gasteiger partial charge on any atom is -0.400 e. The molecule has 0 spiro atoms. The van der Waals surface area contributed by atoms with E-state index < -0.39 is 18.3 Å². The first-order chi connectivity index (χ1) is 10.6. The molecule has 1 aromatic carbocycles. The summed E-state index contributed by atoms with van der Waals surface area (Å²) in [6.07, 6.45) is 1.75. The molecule has 0 atom stereocenters. The molecule has 1 fully saturated rings. The van der Waals surface area contributed by atoms with Crippen LogP contribution in [0.3, 0.4) is 0 Å². The van der Waals surface area contributed by atoms with Crippen molar-refractivity contribution in [2.24, 2.45) is 0 Å². The molecular weight excluding hydrogens is 315 g/mol. The van der Waals surface area contributed by atoms with Gasteiger partial charge in [0.05, 0.1) is 11.2 Å². The lowest BCUT2D eigenvalue weighted by Gasteiger charge is -2.32. The molecule has 0 aromatic heterocycles. The fraction of sp³-hybridized carbons (Fsp3) is 0.529. The Morgan fingerprint density at radius 3 is 2.35 bits per heavy atom. The van der Waals surface area contributed by atoms with Crippen LogP contribution in [0.2, 0.25) is 5.02 Å². The number of nitrogens with one attached hydrogen (secondary N) is 1. The second-order valence-electron chi connectivity index (χ2n) is 6.96. The number of rotatable bonds is 4. The van der Waals surface area contributed by atoms with Gasteiger partial charge in [-0.1, -0.05) is 17.7 Å². The van der Waals surface area contributed by atoms with Gasteiger partial charge < -0.3 is 14.6 Å². The van der Waals surface area contributed by atoms with E-state index in [9.17, 15) is 4.39 Å². The maximum Gasteiger partial charge on any atom is 0.491 e. The summed E-state index contributed by atoms with van der Waals surface area (Å²) in [6.45, 7) is 10.3. The van der Waals surface area contributed by atoms with Crippen LogP contribution >= 0.6 is 11.6 Å². The zero-order chi connectivity index (χ0) is 17.4. The average molecular weight is 340 g/mol. The molecule has 2 rings (SSSR count). The fourth-order valence-corrected chi connectivity index (χ4v) is 2.55. The van der Waals surface area contributed by atoms with E-state index in [1.54, 1.807) is 19.1 Å². The Labute approximate surface area is 143 Å². The molecule has 0 aliphatic carbocycles. The number of aryl methyl sites for hydroxylation is 1. The molecule has 0 saturated carbocycles. The third-order valence-corrected chi connectivity index (χ3v) is 4.96. The Morgan fingerprint density at radius 2 is 1.83 bits per heavy atom. The van der Waals surface area contributed by atoms with Gasteiger partial charge in [-0.15, -0.1) is 0 Å². The predicted molar refractivity (Wildman–Crippen MR) is 94.1 cm³/mol. The third-order valence-electron chi connectivity index (χ3n) is 4.56. The highest BCUT2D eigenvalue weighted by Gasteiger charge is 2.52. The quantitative estimate of drug-likeness (QED) is 0.840. The Morgan fingerprint density at radius 1 is 1.26 bits per heavy atom. The summed E-state index contributed by atoms with van der Waals surface area (Å²) in [5.41, 5.74) is 1.10. The molecule has 0 radical (unpaired) electrons. The Hall–Kier alpha value is -0.875. The van der Waals surface area contributed by atoms with Crippen molar-refractivity contribution >= 4 is 24.8 Å². The molecule has 0 amide bonds. The SMILES string of the molecule is CNCC(=Cc1cc(Cl)c(C)cc1F)B1OC(C)(C)C(C)(C)O1. The summed E-state index contributed by atoms with van der Waals surface area (Å²) >= 11 is 6.12. The predicted octanol–water partition coefficient (Wildman–Crippen LogP) is 4.02. The number of halogens is 2. The maximum absolute atomic E-state index is 14.2. The minimum absolute atomic E-state index is 0.308. The molecule has 1 saturated heterocycles. The number of benzene rings is 1. The minimum atomic E-state index is -0.521. The normalized spacial score (nSPS) is 20.2. The molecule has 1 aliphatic rings. The average Bonchev–Trinajstić information content (AvgIpc) is 2.64. The van der Waals surface area contributed by atoms with Gasteiger partial charge in [0.15, 0.2) is 0 Å². The van der Waals surface area contributed by atoms with Gasteiger partial charge in [-0.25, -0.2) is 4.39 Å². The highest BCUT2D eigenvalue weighted by molar-refractivity contribution is 6.56. The van der Waals surface area contributed by atoms with Gasteiger partial charge in [-0.2, -0.15) is 0 Å². The maximum atomic E-state index is 14.2. The first-order valence-electron chi connectivity index (χ1n) is 7.74. The zero-order valence-corrected chi connectivity index (χ0v) is 15.3. The lowest BCUT2D eigenvalue weighted by molar-refractivity contribution is 0.00578. The van der Waals surface area contributed by atoms with E-state index in [-0.39, 0.29) is 5.82 Å². The van der Waals surface area contributed by atoms with Gasteiger partial charge in [0, 0.05) is 17.1 Å². The molecule has 0 bridgehead atoms. The largest absolute Gasteiger partial charge is 0.491 e. The lowest BCUT2D eigenvalue weighted by Crippen LogP contribution is -2.41. The van der Waals surface area contributed by atoms with Gasteiger partial charge in [0.2, 0.25) is 0 Å². The van der Waals surface area contributed by atoms with Crippen LogP contribution in [0.1, 0.15) is 38.8 Å². The summed E-state index contributed by atoms with van der Waals surface area (Å²) in [5.74, 6) is -0.308. The molecule has 1 N–H and O–H groups in total. The number of hydrogen-bond donors (Lipinski definition) is 1. The summed E-state index contributed by atoms with van der Waals surface area (Å²) in [4.78, 5) is 0. The second-order valence-corrected chi connectivity index (χ2v) is 7.37. The molecule has 3 nitrogen and oxygen atoms in total. The van der Waals surface area contributed by atoms with Crippen LogP contribution in [-0.2, 0) is 9.31 Å². The van der Waals surface area contributed by atoms with Crippen LogP contribution in [0.5, 0.6) is 0 Å². The zero-order valence-electron chi connectivity index (χ0n) is 14.6. The van der Waals surface area contributed by atoms with E-state index in [0.717, 1.165) is 5.47 Å². The van der Waals surface area contributed by atoms with E-state index >= 15 is 0 Å². The van der Waals surface area contributed by atoms with Gasteiger partial charge in [0.1, 0.15) is 5.82 Å². The Kier molecular flexibility index (Phi) is 5.26. The smallest absolute Gasteiger partial charge is 0.400 e. The standard InChI is InChI=1S/C17H24BClFNO2/c1-11-7-15(20)12(9-14(11)19)8-13(10-21-6)18-22-16(2,3)17(4,5)23-18/h7-9,21H,10H2,1-6H3. The molecule has 0 unspecified atom stereocenters. The molecule has 1 heterocycles. The van der Waals surface area contributed by atoms with E-state index in [1.165, 1.54) is 6.07 Å². The first kappa shape index (κ1) is 18.5. The topological polar surface area (TPSA) is 30.5 Å². The summed E-state index contributed by atoms with van der Waals surface area (Å²) in [6, 6.07) is 3.07. The monoisotopic (exact) mass is 339 g/mol. The van der Waals surface area contributed by atoms with E-state index in [0.29, 0.717) is 22.7 Å². The van der Waals surface area contributed by atoms with Gasteiger partial charge >= 0.3 is 7.12 Å². The van der Waals surface area contributed by atoms with Crippen molar-refractivity contribution in [3.63, 3.8) is 0 Å². The Balaban J connectivity index is 2.38.